The summed E-state index contributed by atoms with van der Waals surface area (Å²) < 4.78 is 0. The van der Waals surface area contributed by atoms with Crippen LogP contribution in [-0.4, -0.2) is 12.5 Å². The zero-order valence-electron chi connectivity index (χ0n) is 15.9. The molecule has 0 bridgehead atoms. The van der Waals surface area contributed by atoms with Crippen LogP contribution in [0.2, 0.25) is 0 Å². The molecule has 0 fully saturated rings. The fourth-order valence-electron chi connectivity index (χ4n) is 3.08. The Kier molecular flexibility index (Phi) is 6.96. The minimum absolute atomic E-state index is 0.0419. The number of benzene rings is 2. The van der Waals surface area contributed by atoms with Gasteiger partial charge in [-0.25, -0.2) is 0 Å². The number of nitrogens with two attached hydrogens (primary N) is 1. The van der Waals surface area contributed by atoms with Gasteiger partial charge in [0.1, 0.15) is 6.04 Å². The average molecular weight is 391 g/mol. The molecule has 5 heteroatoms. The van der Waals surface area contributed by atoms with E-state index in [-0.39, 0.29) is 11.9 Å². The van der Waals surface area contributed by atoms with E-state index < -0.39 is 0 Å². The molecule has 1 atom stereocenters. The third-order valence-corrected chi connectivity index (χ3v) is 5.61. The summed E-state index contributed by atoms with van der Waals surface area (Å²) in [5.41, 5.74) is 4.21. The van der Waals surface area contributed by atoms with Gasteiger partial charge in [0.25, 0.3) is 5.91 Å². The standard InChI is InChI=1S/C23H23N3OS/c1-2-17-5-9-19(10-6-17)23(21-4-3-15-28-21)25-16-22(27)26-20-11-7-18(8-12-20)13-14-24/h3-12,15,23,25H,2,13,16H2,1H3,(H,26,27)/p+1/t23-/m0/s1. The molecule has 28 heavy (non-hydrogen) atoms. The van der Waals surface area contributed by atoms with Gasteiger partial charge < -0.3 is 10.6 Å². The zero-order valence-corrected chi connectivity index (χ0v) is 16.7. The van der Waals surface area contributed by atoms with Crippen LogP contribution in [0, 0.1) is 11.3 Å². The molecule has 1 aromatic heterocycles. The highest BCUT2D eigenvalue weighted by molar-refractivity contribution is 7.10. The van der Waals surface area contributed by atoms with Gasteiger partial charge in [-0.05, 0) is 41.1 Å². The molecule has 0 aliphatic carbocycles. The SMILES string of the molecule is CCc1ccc([C@H]([NH2+]CC(=O)Nc2ccc(CC#N)cc2)c2cccs2)cc1. The van der Waals surface area contributed by atoms with E-state index in [4.69, 9.17) is 5.26 Å². The lowest BCUT2D eigenvalue weighted by Crippen LogP contribution is -2.87. The van der Waals surface area contributed by atoms with Crippen LogP contribution >= 0.6 is 11.3 Å². The Morgan fingerprint density at radius 1 is 1.11 bits per heavy atom. The number of rotatable bonds is 8. The van der Waals surface area contributed by atoms with Crippen LogP contribution in [0.4, 0.5) is 5.69 Å². The molecule has 0 unspecified atom stereocenters. The smallest absolute Gasteiger partial charge is 0.279 e. The second-order valence-corrected chi connectivity index (χ2v) is 7.59. The summed E-state index contributed by atoms with van der Waals surface area (Å²) in [5, 5.41) is 15.8. The van der Waals surface area contributed by atoms with E-state index in [9.17, 15) is 4.79 Å². The molecule has 1 heterocycles. The third kappa shape index (κ3) is 5.29. The first-order valence-corrected chi connectivity index (χ1v) is 10.3. The number of nitrogens with one attached hydrogen (secondary N) is 1. The predicted octanol–water partition coefficient (Wildman–Crippen LogP) is 3.67. The molecule has 2 aromatic carbocycles. The fourth-order valence-corrected chi connectivity index (χ4v) is 3.93. The monoisotopic (exact) mass is 390 g/mol. The molecule has 0 spiro atoms. The number of hydrogen-bond donors (Lipinski definition) is 2. The van der Waals surface area contributed by atoms with Gasteiger partial charge >= 0.3 is 0 Å². The first-order chi connectivity index (χ1) is 13.7. The van der Waals surface area contributed by atoms with Gasteiger partial charge in [-0.15, -0.1) is 11.3 Å². The van der Waals surface area contributed by atoms with Crippen molar-refractivity contribution in [1.29, 1.82) is 5.26 Å². The van der Waals surface area contributed by atoms with E-state index in [0.717, 1.165) is 17.7 Å². The summed E-state index contributed by atoms with van der Waals surface area (Å²) in [4.78, 5) is 13.7. The summed E-state index contributed by atoms with van der Waals surface area (Å²) in [7, 11) is 0. The Bertz CT molecular complexity index is 925. The Balaban J connectivity index is 1.64. The Labute approximate surface area is 169 Å². The maximum atomic E-state index is 12.4. The number of thiophene rings is 1. The minimum atomic E-state index is -0.0419. The van der Waals surface area contributed by atoms with Gasteiger partial charge in [-0.1, -0.05) is 49.4 Å². The van der Waals surface area contributed by atoms with E-state index in [1.807, 2.05) is 30.3 Å². The summed E-state index contributed by atoms with van der Waals surface area (Å²) in [6, 6.07) is 22.4. The van der Waals surface area contributed by atoms with Gasteiger partial charge in [0.2, 0.25) is 0 Å². The largest absolute Gasteiger partial charge is 0.328 e. The Morgan fingerprint density at radius 2 is 1.82 bits per heavy atom. The fraction of sp³-hybridized carbons (Fsp3) is 0.217. The van der Waals surface area contributed by atoms with Crippen molar-refractivity contribution in [2.45, 2.75) is 25.8 Å². The van der Waals surface area contributed by atoms with Crippen LogP contribution in [0.15, 0.2) is 66.0 Å². The number of quaternary nitrogens is 1. The zero-order chi connectivity index (χ0) is 19.8. The predicted molar refractivity (Wildman–Crippen MR) is 113 cm³/mol. The topological polar surface area (TPSA) is 69.5 Å². The lowest BCUT2D eigenvalue weighted by atomic mass is 10.0. The highest BCUT2D eigenvalue weighted by atomic mass is 32.1. The number of anilines is 1. The van der Waals surface area contributed by atoms with Crippen LogP contribution < -0.4 is 10.6 Å². The van der Waals surface area contributed by atoms with E-state index in [2.05, 4.69) is 59.3 Å². The second-order valence-electron chi connectivity index (χ2n) is 6.61. The molecule has 3 N–H and O–H groups in total. The van der Waals surface area contributed by atoms with Gasteiger partial charge in [0.05, 0.1) is 17.4 Å². The maximum Gasteiger partial charge on any atom is 0.279 e. The molecule has 3 aromatic rings. The molecular weight excluding hydrogens is 366 g/mol. The van der Waals surface area contributed by atoms with E-state index in [1.165, 1.54) is 16.0 Å². The number of nitrogens with zero attached hydrogens (tertiary/aromatic N) is 1. The average Bonchev–Trinajstić information content (AvgIpc) is 3.25. The summed E-state index contributed by atoms with van der Waals surface area (Å²) in [5.74, 6) is -0.0419. The second kappa shape index (κ2) is 9.84. The van der Waals surface area contributed by atoms with Crippen molar-refractivity contribution in [3.05, 3.63) is 87.6 Å². The molecule has 142 valence electrons. The van der Waals surface area contributed by atoms with Crippen molar-refractivity contribution in [2.75, 3.05) is 11.9 Å². The van der Waals surface area contributed by atoms with Crippen molar-refractivity contribution in [3.8, 4) is 6.07 Å². The van der Waals surface area contributed by atoms with E-state index >= 15 is 0 Å². The number of hydrogen-bond acceptors (Lipinski definition) is 3. The van der Waals surface area contributed by atoms with Crippen molar-refractivity contribution in [3.63, 3.8) is 0 Å². The van der Waals surface area contributed by atoms with Crippen LogP contribution in [0.5, 0.6) is 0 Å². The lowest BCUT2D eigenvalue weighted by molar-refractivity contribution is -0.675. The molecule has 0 aliphatic heterocycles. The summed E-state index contributed by atoms with van der Waals surface area (Å²) in [6.07, 6.45) is 1.39. The maximum absolute atomic E-state index is 12.4. The molecule has 0 aliphatic rings. The van der Waals surface area contributed by atoms with Crippen molar-refractivity contribution >= 4 is 22.9 Å². The van der Waals surface area contributed by atoms with Crippen LogP contribution in [0.3, 0.4) is 0 Å². The normalized spacial score (nSPS) is 11.6. The third-order valence-electron chi connectivity index (χ3n) is 4.66. The van der Waals surface area contributed by atoms with Crippen LogP contribution in [-0.2, 0) is 17.6 Å². The number of carbonyl (C=O) groups is 1. The van der Waals surface area contributed by atoms with Crippen LogP contribution in [0.1, 0.15) is 34.5 Å². The van der Waals surface area contributed by atoms with Crippen molar-refractivity contribution in [1.82, 2.24) is 0 Å². The van der Waals surface area contributed by atoms with Crippen LogP contribution in [0.25, 0.3) is 0 Å². The van der Waals surface area contributed by atoms with Gasteiger partial charge in [-0.2, -0.15) is 5.26 Å². The number of carbonyl (C=O) groups excluding carboxylic acids is 1. The molecule has 0 saturated heterocycles. The first-order valence-electron chi connectivity index (χ1n) is 9.41. The van der Waals surface area contributed by atoms with E-state index in [0.29, 0.717) is 13.0 Å². The molecular formula is C23H24N3OS+. The van der Waals surface area contributed by atoms with Crippen molar-refractivity contribution in [2.24, 2.45) is 0 Å². The summed E-state index contributed by atoms with van der Waals surface area (Å²) in [6.45, 7) is 2.48. The highest BCUT2D eigenvalue weighted by Crippen LogP contribution is 2.23. The molecule has 0 saturated carbocycles. The molecule has 3 rings (SSSR count). The van der Waals surface area contributed by atoms with Gasteiger partial charge in [-0.3, -0.25) is 4.79 Å². The number of nitriles is 1. The number of aryl methyl sites for hydroxylation is 1. The highest BCUT2D eigenvalue weighted by Gasteiger charge is 2.20. The van der Waals surface area contributed by atoms with E-state index in [1.54, 1.807) is 11.3 Å². The van der Waals surface area contributed by atoms with Gasteiger partial charge in [0, 0.05) is 11.3 Å². The summed E-state index contributed by atoms with van der Waals surface area (Å²) >= 11 is 1.71. The number of amides is 1. The molecule has 0 radical (unpaired) electrons. The minimum Gasteiger partial charge on any atom is -0.328 e. The Hall–Kier alpha value is -2.94. The first kappa shape index (κ1) is 19.8. The molecule has 1 amide bonds. The quantitative estimate of drug-likeness (QED) is 0.616. The Morgan fingerprint density at radius 3 is 2.43 bits per heavy atom. The lowest BCUT2D eigenvalue weighted by Gasteiger charge is -2.15. The van der Waals surface area contributed by atoms with Crippen molar-refractivity contribution < 1.29 is 10.1 Å². The van der Waals surface area contributed by atoms with Gasteiger partial charge in [0.15, 0.2) is 6.54 Å². The molecule has 4 nitrogen and oxygen atoms in total.